The van der Waals surface area contributed by atoms with Crippen LogP contribution in [0.15, 0.2) is 42.5 Å². The van der Waals surface area contributed by atoms with Crippen LogP contribution in [-0.4, -0.2) is 11.7 Å². The second kappa shape index (κ2) is 6.18. The molecular formula is C17H23NO. The number of benzene rings is 2. The molecule has 0 spiro atoms. The van der Waals surface area contributed by atoms with Crippen molar-refractivity contribution in [1.82, 2.24) is 0 Å². The van der Waals surface area contributed by atoms with Crippen LogP contribution >= 0.6 is 0 Å². The van der Waals surface area contributed by atoms with Gasteiger partial charge in [0.1, 0.15) is 0 Å². The van der Waals surface area contributed by atoms with Crippen molar-refractivity contribution in [1.29, 1.82) is 0 Å². The Bertz CT molecular complexity index is 530. The highest BCUT2D eigenvalue weighted by atomic mass is 16.3. The predicted octanol–water partition coefficient (Wildman–Crippen LogP) is 3.49. The molecule has 0 aromatic heterocycles. The van der Waals surface area contributed by atoms with Crippen molar-refractivity contribution in [2.45, 2.75) is 26.4 Å². The maximum Gasteiger partial charge on any atom is 0.0836 e. The van der Waals surface area contributed by atoms with E-state index in [0.717, 1.165) is 17.4 Å². The Morgan fingerprint density at radius 3 is 2.42 bits per heavy atom. The number of rotatable bonds is 5. The number of aliphatic hydroxyl groups excluding tert-OH is 1. The van der Waals surface area contributed by atoms with E-state index >= 15 is 0 Å². The highest BCUT2D eigenvalue weighted by molar-refractivity contribution is 5.85. The molecule has 3 N–H and O–H groups in total. The van der Waals surface area contributed by atoms with Gasteiger partial charge in [0.15, 0.2) is 0 Å². The molecule has 102 valence electrons. The lowest BCUT2D eigenvalue weighted by atomic mass is 9.86. The van der Waals surface area contributed by atoms with E-state index < -0.39 is 6.10 Å². The van der Waals surface area contributed by atoms with Crippen LogP contribution in [0.4, 0.5) is 0 Å². The molecule has 0 bridgehead atoms. The Morgan fingerprint density at radius 2 is 1.74 bits per heavy atom. The first-order chi connectivity index (χ1) is 9.13. The fourth-order valence-electron chi connectivity index (χ4n) is 2.72. The zero-order valence-corrected chi connectivity index (χ0v) is 11.7. The molecule has 0 fully saturated rings. The maximum absolute atomic E-state index is 10.6. The molecule has 0 aliphatic heterocycles. The normalized spacial score (nSPS) is 14.8. The molecule has 0 aliphatic rings. The molecule has 0 heterocycles. The molecule has 0 amide bonds. The van der Waals surface area contributed by atoms with Gasteiger partial charge in [-0.15, -0.1) is 0 Å². The summed E-state index contributed by atoms with van der Waals surface area (Å²) in [6.45, 7) is 4.85. The van der Waals surface area contributed by atoms with Crippen molar-refractivity contribution in [2.24, 2.45) is 17.6 Å². The molecule has 2 atom stereocenters. The van der Waals surface area contributed by atoms with Crippen LogP contribution in [0.2, 0.25) is 0 Å². The third kappa shape index (κ3) is 3.14. The number of hydrogen-bond acceptors (Lipinski definition) is 2. The minimum Gasteiger partial charge on any atom is -0.388 e. The van der Waals surface area contributed by atoms with E-state index in [2.05, 4.69) is 32.0 Å². The van der Waals surface area contributed by atoms with Crippen molar-refractivity contribution >= 4 is 10.8 Å². The van der Waals surface area contributed by atoms with Crippen LogP contribution < -0.4 is 5.73 Å². The Hall–Kier alpha value is -1.38. The van der Waals surface area contributed by atoms with Gasteiger partial charge in [0.25, 0.3) is 0 Å². The van der Waals surface area contributed by atoms with E-state index in [1.807, 2.05) is 24.3 Å². The van der Waals surface area contributed by atoms with Gasteiger partial charge in [-0.25, -0.2) is 0 Å². The van der Waals surface area contributed by atoms with Crippen molar-refractivity contribution in [2.75, 3.05) is 6.54 Å². The summed E-state index contributed by atoms with van der Waals surface area (Å²) < 4.78 is 0. The smallest absolute Gasteiger partial charge is 0.0836 e. The van der Waals surface area contributed by atoms with Crippen molar-refractivity contribution in [3.8, 4) is 0 Å². The first-order valence-corrected chi connectivity index (χ1v) is 6.99. The molecule has 0 radical (unpaired) electrons. The van der Waals surface area contributed by atoms with Crippen LogP contribution in [0.25, 0.3) is 10.8 Å². The number of hydrogen-bond donors (Lipinski definition) is 2. The Balaban J connectivity index is 2.37. The van der Waals surface area contributed by atoms with Gasteiger partial charge in [0.2, 0.25) is 0 Å². The van der Waals surface area contributed by atoms with E-state index in [1.165, 1.54) is 5.39 Å². The lowest BCUT2D eigenvalue weighted by molar-refractivity contribution is 0.101. The third-order valence-electron chi connectivity index (χ3n) is 3.67. The maximum atomic E-state index is 10.6. The Labute approximate surface area is 115 Å². The molecule has 0 saturated heterocycles. The summed E-state index contributed by atoms with van der Waals surface area (Å²) >= 11 is 0. The first-order valence-electron chi connectivity index (χ1n) is 6.99. The van der Waals surface area contributed by atoms with Crippen LogP contribution in [0, 0.1) is 11.8 Å². The number of nitrogens with two attached hydrogens (primary N) is 1. The largest absolute Gasteiger partial charge is 0.388 e. The number of aliphatic hydroxyl groups is 1. The molecule has 2 unspecified atom stereocenters. The zero-order valence-electron chi connectivity index (χ0n) is 11.7. The van der Waals surface area contributed by atoms with Crippen LogP contribution in [0.3, 0.4) is 0 Å². The number of fused-ring (bicyclic) bond motifs is 1. The molecule has 2 rings (SSSR count). The van der Waals surface area contributed by atoms with E-state index in [0.29, 0.717) is 12.5 Å². The summed E-state index contributed by atoms with van der Waals surface area (Å²) in [6.07, 6.45) is 0.458. The fraction of sp³-hybridized carbons (Fsp3) is 0.412. The van der Waals surface area contributed by atoms with Crippen LogP contribution in [-0.2, 0) is 0 Å². The monoisotopic (exact) mass is 257 g/mol. The highest BCUT2D eigenvalue weighted by Crippen LogP contribution is 2.31. The summed E-state index contributed by atoms with van der Waals surface area (Å²) in [7, 11) is 0. The lowest BCUT2D eigenvalue weighted by Gasteiger charge is -2.24. The molecule has 2 aromatic rings. The second-order valence-corrected chi connectivity index (χ2v) is 5.64. The van der Waals surface area contributed by atoms with Gasteiger partial charge in [-0.05, 0) is 35.2 Å². The summed E-state index contributed by atoms with van der Waals surface area (Å²) in [5.41, 5.74) is 6.84. The third-order valence-corrected chi connectivity index (χ3v) is 3.67. The standard InChI is InChI=1S/C17H23NO/c1-12(2)10-14(11-18)17(19)16-9-5-7-13-6-3-4-8-15(13)16/h3-9,12,14,17,19H,10-11,18H2,1-2H3. The zero-order chi connectivity index (χ0) is 13.8. The summed E-state index contributed by atoms with van der Waals surface area (Å²) in [4.78, 5) is 0. The molecule has 2 aromatic carbocycles. The van der Waals surface area contributed by atoms with Crippen LogP contribution in [0.5, 0.6) is 0 Å². The van der Waals surface area contributed by atoms with Gasteiger partial charge >= 0.3 is 0 Å². The molecule has 2 heteroatoms. The van der Waals surface area contributed by atoms with Gasteiger partial charge in [-0.2, -0.15) is 0 Å². The van der Waals surface area contributed by atoms with Crippen molar-refractivity contribution in [3.05, 3.63) is 48.0 Å². The Morgan fingerprint density at radius 1 is 1.05 bits per heavy atom. The van der Waals surface area contributed by atoms with Gasteiger partial charge in [0.05, 0.1) is 6.10 Å². The lowest BCUT2D eigenvalue weighted by Crippen LogP contribution is -2.23. The fourth-order valence-corrected chi connectivity index (χ4v) is 2.72. The van der Waals surface area contributed by atoms with E-state index in [9.17, 15) is 5.11 Å². The SMILES string of the molecule is CC(C)CC(CN)C(O)c1cccc2ccccc12. The second-order valence-electron chi connectivity index (χ2n) is 5.64. The topological polar surface area (TPSA) is 46.2 Å². The van der Waals surface area contributed by atoms with E-state index in [1.54, 1.807) is 0 Å². The van der Waals surface area contributed by atoms with Crippen molar-refractivity contribution < 1.29 is 5.11 Å². The molecule has 2 nitrogen and oxygen atoms in total. The Kier molecular flexibility index (Phi) is 4.56. The predicted molar refractivity (Wildman–Crippen MR) is 80.9 cm³/mol. The van der Waals surface area contributed by atoms with Crippen LogP contribution in [0.1, 0.15) is 31.9 Å². The van der Waals surface area contributed by atoms with Gasteiger partial charge in [-0.3, -0.25) is 0 Å². The van der Waals surface area contributed by atoms with Gasteiger partial charge in [-0.1, -0.05) is 56.3 Å². The van der Waals surface area contributed by atoms with E-state index in [4.69, 9.17) is 5.73 Å². The molecule has 19 heavy (non-hydrogen) atoms. The first kappa shape index (κ1) is 14.0. The average molecular weight is 257 g/mol. The summed E-state index contributed by atoms with van der Waals surface area (Å²) in [5.74, 6) is 0.656. The molecule has 0 aliphatic carbocycles. The summed E-state index contributed by atoms with van der Waals surface area (Å²) in [6, 6.07) is 14.3. The average Bonchev–Trinajstić information content (AvgIpc) is 2.43. The molecule has 0 saturated carbocycles. The molecular weight excluding hydrogens is 234 g/mol. The summed E-state index contributed by atoms with van der Waals surface area (Å²) in [5, 5.41) is 12.9. The minimum absolute atomic E-state index is 0.116. The minimum atomic E-state index is -0.488. The van der Waals surface area contributed by atoms with Gasteiger partial charge < -0.3 is 10.8 Å². The van der Waals surface area contributed by atoms with Crippen molar-refractivity contribution in [3.63, 3.8) is 0 Å². The van der Waals surface area contributed by atoms with E-state index in [-0.39, 0.29) is 5.92 Å². The van der Waals surface area contributed by atoms with Gasteiger partial charge in [0, 0.05) is 5.92 Å². The highest BCUT2D eigenvalue weighted by Gasteiger charge is 2.22. The quantitative estimate of drug-likeness (QED) is 0.861.